The molecule has 1 aromatic carbocycles. The number of carbonyl (C=O) groups excluding carboxylic acids is 2. The first-order chi connectivity index (χ1) is 13.3. The highest BCUT2D eigenvalue weighted by atomic mass is 32.2. The van der Waals surface area contributed by atoms with Gasteiger partial charge in [0, 0.05) is 11.4 Å². The summed E-state index contributed by atoms with van der Waals surface area (Å²) in [7, 11) is -3.86. The maximum Gasteiger partial charge on any atom is 0.324 e. The minimum absolute atomic E-state index is 0.133. The third-order valence-electron chi connectivity index (χ3n) is 4.52. The molecule has 0 heterocycles. The number of hydrogen-bond donors (Lipinski definition) is 2. The Morgan fingerprint density at radius 1 is 1.18 bits per heavy atom. The molecule has 0 radical (unpaired) electrons. The largest absolute Gasteiger partial charge is 0.454 e. The molecule has 28 heavy (non-hydrogen) atoms. The van der Waals surface area contributed by atoms with Crippen LogP contribution in [0.2, 0.25) is 0 Å². The molecule has 0 bridgehead atoms. The van der Waals surface area contributed by atoms with E-state index in [1.807, 2.05) is 6.07 Å². The summed E-state index contributed by atoms with van der Waals surface area (Å²) in [6.07, 6.45) is 5.47. The lowest BCUT2D eigenvalue weighted by molar-refractivity contribution is -0.151. The molecule has 0 saturated heterocycles. The van der Waals surface area contributed by atoms with Crippen molar-refractivity contribution in [2.24, 2.45) is 5.92 Å². The Morgan fingerprint density at radius 2 is 1.82 bits per heavy atom. The molecular formula is C20H28N2O5S. The van der Waals surface area contributed by atoms with Gasteiger partial charge in [-0.05, 0) is 30.4 Å². The van der Waals surface area contributed by atoms with Crippen molar-refractivity contribution in [3.05, 3.63) is 41.3 Å². The minimum atomic E-state index is -3.86. The van der Waals surface area contributed by atoms with Crippen LogP contribution in [0.4, 0.5) is 0 Å². The van der Waals surface area contributed by atoms with Crippen LogP contribution in [0.1, 0.15) is 45.1 Å². The SMILES string of the molecule is CC(C)C(NS(=O)(=O)C=Cc1ccccc1)C(=O)OCC(=O)NC1CCCC1. The summed E-state index contributed by atoms with van der Waals surface area (Å²) in [4.78, 5) is 24.2. The van der Waals surface area contributed by atoms with Gasteiger partial charge >= 0.3 is 5.97 Å². The fourth-order valence-electron chi connectivity index (χ4n) is 2.97. The summed E-state index contributed by atoms with van der Waals surface area (Å²) >= 11 is 0. The topological polar surface area (TPSA) is 102 Å². The fraction of sp³-hybridized carbons (Fsp3) is 0.500. The predicted molar refractivity (Wildman–Crippen MR) is 108 cm³/mol. The third-order valence-corrected chi connectivity index (χ3v) is 5.59. The Balaban J connectivity index is 1.90. The first-order valence-corrected chi connectivity index (χ1v) is 11.0. The summed E-state index contributed by atoms with van der Waals surface area (Å²) in [6, 6.07) is 8.01. The van der Waals surface area contributed by atoms with Crippen LogP contribution < -0.4 is 10.0 Å². The number of carbonyl (C=O) groups is 2. The van der Waals surface area contributed by atoms with E-state index in [0.29, 0.717) is 0 Å². The molecule has 1 aromatic rings. The maximum absolute atomic E-state index is 12.3. The number of esters is 1. The molecule has 1 saturated carbocycles. The molecule has 1 atom stereocenters. The van der Waals surface area contributed by atoms with Gasteiger partial charge in [0.1, 0.15) is 6.04 Å². The molecule has 8 heteroatoms. The highest BCUT2D eigenvalue weighted by Gasteiger charge is 2.28. The van der Waals surface area contributed by atoms with Crippen LogP contribution in [0.25, 0.3) is 6.08 Å². The van der Waals surface area contributed by atoms with Gasteiger partial charge in [0.05, 0.1) is 0 Å². The third kappa shape index (κ3) is 7.44. The molecule has 1 fully saturated rings. The van der Waals surface area contributed by atoms with Crippen LogP contribution in [-0.2, 0) is 24.3 Å². The van der Waals surface area contributed by atoms with E-state index in [4.69, 9.17) is 4.74 Å². The lowest BCUT2D eigenvalue weighted by Crippen LogP contribution is -2.45. The van der Waals surface area contributed by atoms with Gasteiger partial charge in [-0.1, -0.05) is 57.0 Å². The van der Waals surface area contributed by atoms with Crippen molar-refractivity contribution in [2.45, 2.75) is 51.6 Å². The number of hydrogen-bond acceptors (Lipinski definition) is 5. The fourth-order valence-corrected chi connectivity index (χ4v) is 4.11. The molecule has 7 nitrogen and oxygen atoms in total. The average molecular weight is 409 g/mol. The second kappa shape index (κ2) is 10.4. The van der Waals surface area contributed by atoms with E-state index in [-0.39, 0.29) is 17.9 Å². The van der Waals surface area contributed by atoms with E-state index in [1.54, 1.807) is 38.1 Å². The Labute approximate surface area is 166 Å². The van der Waals surface area contributed by atoms with Crippen LogP contribution in [0.5, 0.6) is 0 Å². The van der Waals surface area contributed by atoms with Crippen molar-refractivity contribution < 1.29 is 22.7 Å². The first-order valence-electron chi connectivity index (χ1n) is 9.48. The predicted octanol–water partition coefficient (Wildman–Crippen LogP) is 2.20. The summed E-state index contributed by atoms with van der Waals surface area (Å²) in [5, 5.41) is 3.83. The van der Waals surface area contributed by atoms with Crippen molar-refractivity contribution in [2.75, 3.05) is 6.61 Å². The molecular weight excluding hydrogens is 380 g/mol. The van der Waals surface area contributed by atoms with Gasteiger partial charge < -0.3 is 10.1 Å². The van der Waals surface area contributed by atoms with Gasteiger partial charge in [-0.25, -0.2) is 8.42 Å². The number of nitrogens with one attached hydrogen (secondary N) is 2. The Morgan fingerprint density at radius 3 is 2.43 bits per heavy atom. The molecule has 1 aliphatic rings. The van der Waals surface area contributed by atoms with Crippen LogP contribution >= 0.6 is 0 Å². The molecule has 2 rings (SSSR count). The highest BCUT2D eigenvalue weighted by molar-refractivity contribution is 7.92. The smallest absolute Gasteiger partial charge is 0.324 e. The zero-order valence-corrected chi connectivity index (χ0v) is 17.1. The van der Waals surface area contributed by atoms with Gasteiger partial charge in [-0.15, -0.1) is 0 Å². The van der Waals surface area contributed by atoms with Crippen molar-refractivity contribution in [1.82, 2.24) is 10.0 Å². The lowest BCUT2D eigenvalue weighted by atomic mass is 10.1. The second-order valence-corrected chi connectivity index (χ2v) is 8.85. The normalized spacial score (nSPS) is 16.4. The van der Waals surface area contributed by atoms with E-state index >= 15 is 0 Å². The minimum Gasteiger partial charge on any atom is -0.454 e. The summed E-state index contributed by atoms with van der Waals surface area (Å²) < 4.78 is 32.0. The Kier molecular flexibility index (Phi) is 8.19. The average Bonchev–Trinajstić information content (AvgIpc) is 3.16. The number of ether oxygens (including phenoxy) is 1. The zero-order chi connectivity index (χ0) is 20.6. The second-order valence-electron chi connectivity index (χ2n) is 7.25. The molecule has 154 valence electrons. The van der Waals surface area contributed by atoms with Crippen molar-refractivity contribution in [3.8, 4) is 0 Å². The number of benzene rings is 1. The van der Waals surface area contributed by atoms with Crippen molar-refractivity contribution >= 4 is 28.0 Å². The summed E-state index contributed by atoms with van der Waals surface area (Å²) in [5.74, 6) is -1.48. The molecule has 0 aliphatic heterocycles. The van der Waals surface area contributed by atoms with Crippen LogP contribution in [0.3, 0.4) is 0 Å². The van der Waals surface area contributed by atoms with Gasteiger partial charge in [-0.2, -0.15) is 4.72 Å². The standard InChI is InChI=1S/C20H28N2O5S/c1-15(2)19(20(24)27-14-18(23)21-17-10-6-7-11-17)22-28(25,26)13-12-16-8-4-3-5-9-16/h3-5,8-9,12-13,15,17,19,22H,6-7,10-11,14H2,1-2H3,(H,21,23). The highest BCUT2D eigenvalue weighted by Crippen LogP contribution is 2.17. The van der Waals surface area contributed by atoms with Gasteiger partial charge in [-0.3, -0.25) is 9.59 Å². The maximum atomic E-state index is 12.3. The molecule has 1 unspecified atom stereocenters. The van der Waals surface area contributed by atoms with E-state index in [2.05, 4.69) is 10.0 Å². The molecule has 1 amide bonds. The lowest BCUT2D eigenvalue weighted by Gasteiger charge is -2.20. The van der Waals surface area contributed by atoms with Crippen LogP contribution in [0.15, 0.2) is 35.7 Å². The van der Waals surface area contributed by atoms with Crippen LogP contribution in [0, 0.1) is 5.92 Å². The quantitative estimate of drug-likeness (QED) is 0.610. The molecule has 0 spiro atoms. The molecule has 2 N–H and O–H groups in total. The van der Waals surface area contributed by atoms with Crippen molar-refractivity contribution in [3.63, 3.8) is 0 Å². The number of sulfonamides is 1. The van der Waals surface area contributed by atoms with Gasteiger partial charge in [0.2, 0.25) is 10.0 Å². The van der Waals surface area contributed by atoms with E-state index in [9.17, 15) is 18.0 Å². The summed E-state index contributed by atoms with van der Waals surface area (Å²) in [5.41, 5.74) is 0.722. The molecule has 1 aliphatic carbocycles. The first kappa shape index (κ1) is 22.1. The Bertz CT molecular complexity index is 784. The number of amides is 1. The van der Waals surface area contributed by atoms with Crippen molar-refractivity contribution in [1.29, 1.82) is 0 Å². The van der Waals surface area contributed by atoms with E-state index < -0.39 is 28.6 Å². The van der Waals surface area contributed by atoms with Gasteiger partial charge in [0.25, 0.3) is 5.91 Å². The van der Waals surface area contributed by atoms with Gasteiger partial charge in [0.15, 0.2) is 6.61 Å². The molecule has 0 aromatic heterocycles. The Hall–Kier alpha value is -2.19. The summed E-state index contributed by atoms with van der Waals surface area (Å²) in [6.45, 7) is 2.99. The zero-order valence-electron chi connectivity index (χ0n) is 16.3. The monoisotopic (exact) mass is 408 g/mol. The van der Waals surface area contributed by atoms with E-state index in [0.717, 1.165) is 36.7 Å². The van der Waals surface area contributed by atoms with Crippen LogP contribution in [-0.4, -0.2) is 39.0 Å². The van der Waals surface area contributed by atoms with E-state index in [1.165, 1.54) is 6.08 Å². The number of rotatable bonds is 9.